The number of halogens is 2. The quantitative estimate of drug-likeness (QED) is 0.783. The van der Waals surface area contributed by atoms with E-state index in [4.69, 9.17) is 32.4 Å². The molecule has 0 saturated carbocycles. The highest BCUT2D eigenvalue weighted by atomic mass is 35.5. The Balaban J connectivity index is 2.28. The molecular formula is C14H17Cl2NO2S. The van der Waals surface area contributed by atoms with Gasteiger partial charge in [-0.15, -0.1) is 11.3 Å². The Morgan fingerprint density at radius 2 is 2.20 bits per heavy atom. The van der Waals surface area contributed by atoms with Gasteiger partial charge in [-0.05, 0) is 31.2 Å². The van der Waals surface area contributed by atoms with Crippen LogP contribution in [-0.4, -0.2) is 13.7 Å². The number of rotatable bonds is 7. The standard InChI is InChI=1S/C14H17Cl2NO2S/c1-3-6-17-13(10-7-12(15)20-14(10)16)11-5-4-9(19-11)8-18-2/h4-5,7,13,17H,3,6,8H2,1-2H3. The fraction of sp³-hybridized carbons (Fsp3) is 0.429. The summed E-state index contributed by atoms with van der Waals surface area (Å²) in [6, 6.07) is 5.67. The van der Waals surface area contributed by atoms with Crippen LogP contribution in [0.1, 0.15) is 36.5 Å². The molecular weight excluding hydrogens is 317 g/mol. The molecule has 6 heteroatoms. The third-order valence-electron chi connectivity index (χ3n) is 2.85. The lowest BCUT2D eigenvalue weighted by Gasteiger charge is -2.15. The average molecular weight is 334 g/mol. The summed E-state index contributed by atoms with van der Waals surface area (Å²) in [5, 5.41) is 3.44. The van der Waals surface area contributed by atoms with E-state index in [2.05, 4.69) is 12.2 Å². The zero-order chi connectivity index (χ0) is 14.5. The van der Waals surface area contributed by atoms with E-state index in [0.29, 0.717) is 15.3 Å². The van der Waals surface area contributed by atoms with Crippen molar-refractivity contribution in [1.82, 2.24) is 5.32 Å². The van der Waals surface area contributed by atoms with Crippen LogP contribution in [-0.2, 0) is 11.3 Å². The van der Waals surface area contributed by atoms with Crippen molar-refractivity contribution >= 4 is 34.5 Å². The molecule has 0 radical (unpaired) electrons. The molecule has 0 spiro atoms. The van der Waals surface area contributed by atoms with E-state index in [1.807, 2.05) is 18.2 Å². The van der Waals surface area contributed by atoms with Gasteiger partial charge in [0, 0.05) is 12.7 Å². The lowest BCUT2D eigenvalue weighted by atomic mass is 10.1. The van der Waals surface area contributed by atoms with Crippen molar-refractivity contribution in [1.29, 1.82) is 0 Å². The first-order chi connectivity index (χ1) is 9.65. The number of methoxy groups -OCH3 is 1. The maximum absolute atomic E-state index is 6.26. The van der Waals surface area contributed by atoms with Gasteiger partial charge in [0.05, 0.1) is 14.7 Å². The van der Waals surface area contributed by atoms with E-state index < -0.39 is 0 Å². The fourth-order valence-electron chi connectivity index (χ4n) is 1.97. The van der Waals surface area contributed by atoms with E-state index in [1.54, 1.807) is 7.11 Å². The number of thiophene rings is 1. The second-order valence-electron chi connectivity index (χ2n) is 4.40. The summed E-state index contributed by atoms with van der Waals surface area (Å²) in [7, 11) is 1.64. The van der Waals surface area contributed by atoms with Gasteiger partial charge < -0.3 is 14.5 Å². The smallest absolute Gasteiger partial charge is 0.129 e. The molecule has 2 aromatic rings. The minimum atomic E-state index is -0.0863. The van der Waals surface area contributed by atoms with Gasteiger partial charge in [0.25, 0.3) is 0 Å². The van der Waals surface area contributed by atoms with Crippen LogP contribution < -0.4 is 5.32 Å². The van der Waals surface area contributed by atoms with Gasteiger partial charge in [-0.1, -0.05) is 30.1 Å². The average Bonchev–Trinajstić information content (AvgIpc) is 2.98. The molecule has 0 aliphatic rings. The highest BCUT2D eigenvalue weighted by Crippen LogP contribution is 2.37. The fourth-order valence-corrected chi connectivity index (χ4v) is 3.50. The Morgan fingerprint density at radius 1 is 1.40 bits per heavy atom. The number of nitrogens with one attached hydrogen (secondary N) is 1. The normalized spacial score (nSPS) is 12.8. The summed E-state index contributed by atoms with van der Waals surface area (Å²) in [6.45, 7) is 3.44. The van der Waals surface area contributed by atoms with Gasteiger partial charge in [0.15, 0.2) is 0 Å². The summed E-state index contributed by atoms with van der Waals surface area (Å²) >= 11 is 13.7. The van der Waals surface area contributed by atoms with Gasteiger partial charge in [-0.3, -0.25) is 0 Å². The van der Waals surface area contributed by atoms with Gasteiger partial charge in [-0.2, -0.15) is 0 Å². The second kappa shape index (κ2) is 7.48. The molecule has 0 aliphatic heterocycles. The molecule has 1 N–H and O–H groups in total. The van der Waals surface area contributed by atoms with Gasteiger partial charge in [-0.25, -0.2) is 0 Å². The lowest BCUT2D eigenvalue weighted by molar-refractivity contribution is 0.162. The SMILES string of the molecule is CCCNC(c1ccc(COC)o1)c1cc(Cl)sc1Cl. The Hall–Kier alpha value is -0.520. The zero-order valence-corrected chi connectivity index (χ0v) is 13.7. The number of hydrogen-bond acceptors (Lipinski definition) is 4. The number of ether oxygens (including phenoxy) is 1. The van der Waals surface area contributed by atoms with E-state index in [0.717, 1.165) is 30.0 Å². The molecule has 0 amide bonds. The minimum Gasteiger partial charge on any atom is -0.462 e. The second-order valence-corrected chi connectivity index (χ2v) is 6.69. The summed E-state index contributed by atoms with van der Waals surface area (Å²) < 4.78 is 12.3. The summed E-state index contributed by atoms with van der Waals surface area (Å²) in [4.78, 5) is 0. The summed E-state index contributed by atoms with van der Waals surface area (Å²) in [5.74, 6) is 1.62. The van der Waals surface area contributed by atoms with Crippen LogP contribution in [0.15, 0.2) is 22.6 Å². The van der Waals surface area contributed by atoms with Crippen molar-refractivity contribution in [2.45, 2.75) is 26.0 Å². The first kappa shape index (κ1) is 15.9. The molecule has 0 fully saturated rings. The Labute approximate surface area is 132 Å². The monoisotopic (exact) mass is 333 g/mol. The predicted molar refractivity (Wildman–Crippen MR) is 83.9 cm³/mol. The number of hydrogen-bond donors (Lipinski definition) is 1. The Morgan fingerprint density at radius 3 is 2.80 bits per heavy atom. The van der Waals surface area contributed by atoms with Crippen LogP contribution in [0.25, 0.3) is 0 Å². The first-order valence-electron chi connectivity index (χ1n) is 6.41. The van der Waals surface area contributed by atoms with Crippen molar-refractivity contribution < 1.29 is 9.15 Å². The molecule has 20 heavy (non-hydrogen) atoms. The molecule has 2 rings (SSSR count). The molecule has 110 valence electrons. The maximum Gasteiger partial charge on any atom is 0.129 e. The molecule has 1 unspecified atom stereocenters. The van der Waals surface area contributed by atoms with Gasteiger partial charge in [0.2, 0.25) is 0 Å². The minimum absolute atomic E-state index is 0.0863. The van der Waals surface area contributed by atoms with Crippen molar-refractivity contribution in [3.63, 3.8) is 0 Å². The van der Waals surface area contributed by atoms with Gasteiger partial charge in [0.1, 0.15) is 18.1 Å². The van der Waals surface area contributed by atoms with Crippen LogP contribution in [0.4, 0.5) is 0 Å². The zero-order valence-electron chi connectivity index (χ0n) is 11.4. The predicted octanol–water partition coefficient (Wildman–Crippen LogP) is 4.88. The third-order valence-corrected chi connectivity index (χ3v) is 4.36. The third kappa shape index (κ3) is 3.77. The molecule has 2 aromatic heterocycles. The molecule has 1 atom stereocenters. The Bertz CT molecular complexity index is 553. The van der Waals surface area contributed by atoms with Gasteiger partial charge >= 0.3 is 0 Å². The number of furan rings is 1. The highest BCUT2D eigenvalue weighted by Gasteiger charge is 2.22. The first-order valence-corrected chi connectivity index (χ1v) is 7.98. The summed E-state index contributed by atoms with van der Waals surface area (Å²) in [6.07, 6.45) is 1.03. The molecule has 0 aliphatic carbocycles. The van der Waals surface area contributed by atoms with E-state index in [1.165, 1.54) is 11.3 Å². The van der Waals surface area contributed by atoms with Crippen LogP contribution in [0, 0.1) is 0 Å². The molecule has 0 aromatic carbocycles. The Kier molecular flexibility index (Phi) is 5.93. The lowest BCUT2D eigenvalue weighted by Crippen LogP contribution is -2.22. The van der Waals surface area contributed by atoms with E-state index >= 15 is 0 Å². The van der Waals surface area contributed by atoms with Crippen LogP contribution >= 0.6 is 34.5 Å². The van der Waals surface area contributed by atoms with Crippen LogP contribution in [0.2, 0.25) is 8.67 Å². The topological polar surface area (TPSA) is 34.4 Å². The highest BCUT2D eigenvalue weighted by molar-refractivity contribution is 7.20. The molecule has 0 saturated heterocycles. The molecule has 2 heterocycles. The largest absolute Gasteiger partial charge is 0.462 e. The summed E-state index contributed by atoms with van der Waals surface area (Å²) in [5.41, 5.74) is 0.952. The molecule has 3 nitrogen and oxygen atoms in total. The van der Waals surface area contributed by atoms with E-state index in [-0.39, 0.29) is 6.04 Å². The van der Waals surface area contributed by atoms with Crippen molar-refractivity contribution in [2.24, 2.45) is 0 Å². The van der Waals surface area contributed by atoms with Crippen LogP contribution in [0.3, 0.4) is 0 Å². The molecule has 0 bridgehead atoms. The van der Waals surface area contributed by atoms with Crippen molar-refractivity contribution in [3.8, 4) is 0 Å². The van der Waals surface area contributed by atoms with Crippen molar-refractivity contribution in [3.05, 3.63) is 44.0 Å². The van der Waals surface area contributed by atoms with Crippen LogP contribution in [0.5, 0.6) is 0 Å². The van der Waals surface area contributed by atoms with E-state index in [9.17, 15) is 0 Å². The van der Waals surface area contributed by atoms with Crippen molar-refractivity contribution in [2.75, 3.05) is 13.7 Å². The maximum atomic E-state index is 6.26.